The molecule has 1 aliphatic heterocycles. The first-order valence-corrected chi connectivity index (χ1v) is 5.30. The van der Waals surface area contributed by atoms with E-state index in [1.54, 1.807) is 0 Å². The van der Waals surface area contributed by atoms with Crippen LogP contribution in [0.1, 0.15) is 0 Å². The highest BCUT2D eigenvalue weighted by Gasteiger charge is 2.28. The molecule has 1 aliphatic rings. The Morgan fingerprint density at radius 2 is 2.06 bits per heavy atom. The third-order valence-electron chi connectivity index (χ3n) is 2.45. The molecule has 1 fully saturated rings. The Kier molecular flexibility index (Phi) is 3.59. The summed E-state index contributed by atoms with van der Waals surface area (Å²) in [6, 6.07) is 9.50. The van der Waals surface area contributed by atoms with Crippen molar-refractivity contribution < 1.29 is 14.1 Å². The van der Waals surface area contributed by atoms with Gasteiger partial charge in [0.2, 0.25) is 0 Å². The zero-order chi connectivity index (χ0) is 11.4. The van der Waals surface area contributed by atoms with Gasteiger partial charge in [0.15, 0.2) is 0 Å². The molecule has 1 aromatic rings. The Hall–Kier alpha value is -1.33. The van der Waals surface area contributed by atoms with Crippen molar-refractivity contribution >= 4 is 18.6 Å². The summed E-state index contributed by atoms with van der Waals surface area (Å²) < 4.78 is 10.8. The summed E-state index contributed by atoms with van der Waals surface area (Å²) in [5.41, 5.74) is 0.875. The third-order valence-corrected chi connectivity index (χ3v) is 2.45. The number of hydrogen-bond acceptors (Lipinski definition) is 4. The van der Waals surface area contributed by atoms with Gasteiger partial charge >= 0.3 is 13.1 Å². The van der Waals surface area contributed by atoms with Crippen molar-refractivity contribution in [1.29, 1.82) is 0 Å². The molecule has 84 valence electrons. The Bertz CT molecular complexity index is 358. The van der Waals surface area contributed by atoms with Crippen LogP contribution in [0.5, 0.6) is 0 Å². The zero-order valence-electron chi connectivity index (χ0n) is 9.26. The van der Waals surface area contributed by atoms with Gasteiger partial charge in [0.25, 0.3) is 0 Å². The molecule has 1 aromatic carbocycles. The third kappa shape index (κ3) is 2.84. The molecule has 0 radical (unpaired) electrons. The van der Waals surface area contributed by atoms with Crippen LogP contribution in [-0.4, -0.2) is 44.7 Å². The number of rotatable bonds is 1. The topological polar surface area (TPSA) is 38.8 Å². The summed E-state index contributed by atoms with van der Waals surface area (Å²) >= 11 is 0. The van der Waals surface area contributed by atoms with Crippen molar-refractivity contribution in [3.05, 3.63) is 30.3 Å². The molecule has 4 nitrogen and oxygen atoms in total. The van der Waals surface area contributed by atoms with Gasteiger partial charge in [0, 0.05) is 13.2 Å². The van der Waals surface area contributed by atoms with Crippen LogP contribution >= 0.6 is 0 Å². The average molecular weight is 219 g/mol. The lowest BCUT2D eigenvalue weighted by Gasteiger charge is -2.23. The van der Waals surface area contributed by atoms with E-state index in [0.29, 0.717) is 13.2 Å². The van der Waals surface area contributed by atoms with E-state index in [-0.39, 0.29) is 5.97 Å². The van der Waals surface area contributed by atoms with Crippen molar-refractivity contribution in [2.45, 2.75) is 0 Å². The van der Waals surface area contributed by atoms with Crippen LogP contribution in [0.4, 0.5) is 0 Å². The molecule has 0 bridgehead atoms. The minimum absolute atomic E-state index is 0.254. The lowest BCUT2D eigenvalue weighted by molar-refractivity contribution is -0.137. The van der Waals surface area contributed by atoms with E-state index in [4.69, 9.17) is 9.31 Å². The van der Waals surface area contributed by atoms with Crippen LogP contribution < -0.4 is 5.46 Å². The first kappa shape index (κ1) is 11.2. The van der Waals surface area contributed by atoms with E-state index in [9.17, 15) is 4.79 Å². The second-order valence-corrected chi connectivity index (χ2v) is 3.84. The second kappa shape index (κ2) is 5.14. The second-order valence-electron chi connectivity index (χ2n) is 3.84. The molecular weight excluding hydrogens is 205 g/mol. The highest BCUT2D eigenvalue weighted by atomic mass is 16.6. The van der Waals surface area contributed by atoms with Crippen LogP contribution in [0.3, 0.4) is 0 Å². The molecule has 0 spiro atoms. The van der Waals surface area contributed by atoms with Crippen LogP contribution in [0.25, 0.3) is 0 Å². The lowest BCUT2D eigenvalue weighted by Crippen LogP contribution is -2.45. The van der Waals surface area contributed by atoms with Crippen molar-refractivity contribution in [2.24, 2.45) is 0 Å². The first-order chi connectivity index (χ1) is 7.75. The maximum atomic E-state index is 11.5. The van der Waals surface area contributed by atoms with Crippen LogP contribution in [0.2, 0.25) is 0 Å². The summed E-state index contributed by atoms with van der Waals surface area (Å²) in [6.07, 6.45) is 0. The number of hydrogen-bond donors (Lipinski definition) is 0. The number of carbonyl (C=O) groups excluding carboxylic acids is 1. The Morgan fingerprint density at radius 1 is 1.31 bits per heavy atom. The molecule has 0 unspecified atom stereocenters. The number of likely N-dealkylation sites (N-methyl/N-ethyl adjacent to an activating group) is 1. The van der Waals surface area contributed by atoms with Gasteiger partial charge < -0.3 is 9.31 Å². The molecule has 5 heteroatoms. The Morgan fingerprint density at radius 3 is 2.81 bits per heavy atom. The predicted molar refractivity (Wildman–Crippen MR) is 61.4 cm³/mol. The largest absolute Gasteiger partial charge is 0.564 e. The number of carbonyl (C=O) groups is 1. The lowest BCUT2D eigenvalue weighted by atomic mass is 9.79. The van der Waals surface area contributed by atoms with Crippen LogP contribution in [-0.2, 0) is 14.1 Å². The fourth-order valence-corrected chi connectivity index (χ4v) is 1.58. The minimum Gasteiger partial charge on any atom is -0.505 e. The van der Waals surface area contributed by atoms with Gasteiger partial charge in [0.1, 0.15) is 0 Å². The summed E-state index contributed by atoms with van der Waals surface area (Å²) in [6.45, 7) is 1.61. The van der Waals surface area contributed by atoms with Gasteiger partial charge in [-0.1, -0.05) is 30.3 Å². The van der Waals surface area contributed by atoms with Crippen molar-refractivity contribution in [1.82, 2.24) is 4.90 Å². The molecule has 0 aliphatic carbocycles. The van der Waals surface area contributed by atoms with Gasteiger partial charge in [-0.2, -0.15) is 0 Å². The molecule has 1 saturated heterocycles. The molecule has 0 atom stereocenters. The molecule has 2 rings (SSSR count). The Balaban J connectivity index is 2.07. The van der Waals surface area contributed by atoms with E-state index in [0.717, 1.165) is 12.0 Å². The standard InChI is InChI=1S/C11H14BNO3/c1-13-7-8-15-12(16-11(14)9-13)10-5-3-2-4-6-10/h2-6H,7-9H2,1H3. The van der Waals surface area contributed by atoms with Crippen molar-refractivity contribution in [3.63, 3.8) is 0 Å². The van der Waals surface area contributed by atoms with E-state index in [1.807, 2.05) is 42.3 Å². The molecule has 0 N–H and O–H groups in total. The molecule has 1 heterocycles. The highest BCUT2D eigenvalue weighted by Crippen LogP contribution is 1.99. The molecular formula is C11H14BNO3. The van der Waals surface area contributed by atoms with E-state index in [1.165, 1.54) is 0 Å². The highest BCUT2D eigenvalue weighted by molar-refractivity contribution is 6.62. The smallest absolute Gasteiger partial charge is 0.505 e. The van der Waals surface area contributed by atoms with E-state index < -0.39 is 7.12 Å². The maximum absolute atomic E-state index is 11.5. The SMILES string of the molecule is CN1CCOB(c2ccccc2)OC(=O)C1. The van der Waals surface area contributed by atoms with Crippen molar-refractivity contribution in [3.8, 4) is 0 Å². The number of nitrogens with zero attached hydrogens (tertiary/aromatic N) is 1. The first-order valence-electron chi connectivity index (χ1n) is 5.30. The fraction of sp³-hybridized carbons (Fsp3) is 0.364. The van der Waals surface area contributed by atoms with Crippen LogP contribution in [0, 0.1) is 0 Å². The van der Waals surface area contributed by atoms with Crippen molar-refractivity contribution in [2.75, 3.05) is 26.7 Å². The zero-order valence-corrected chi connectivity index (χ0v) is 9.26. The summed E-state index contributed by atoms with van der Waals surface area (Å²) in [5.74, 6) is -0.254. The van der Waals surface area contributed by atoms with E-state index >= 15 is 0 Å². The van der Waals surface area contributed by atoms with E-state index in [2.05, 4.69) is 0 Å². The quantitative estimate of drug-likeness (QED) is 0.617. The monoisotopic (exact) mass is 219 g/mol. The van der Waals surface area contributed by atoms with Gasteiger partial charge in [0.05, 0.1) is 6.54 Å². The average Bonchev–Trinajstić information content (AvgIpc) is 2.26. The summed E-state index contributed by atoms with van der Waals surface area (Å²) in [5, 5.41) is 0. The van der Waals surface area contributed by atoms with Gasteiger partial charge in [-0.05, 0) is 12.5 Å². The summed E-state index contributed by atoms with van der Waals surface area (Å²) in [7, 11) is 1.30. The fourth-order valence-electron chi connectivity index (χ4n) is 1.58. The van der Waals surface area contributed by atoms with Crippen LogP contribution in [0.15, 0.2) is 30.3 Å². The molecule has 16 heavy (non-hydrogen) atoms. The Labute approximate surface area is 95.3 Å². The van der Waals surface area contributed by atoms with Gasteiger partial charge in [-0.3, -0.25) is 9.69 Å². The number of benzene rings is 1. The summed E-state index contributed by atoms with van der Waals surface area (Å²) in [4.78, 5) is 13.4. The molecule has 0 aromatic heterocycles. The predicted octanol–water partition coefficient (Wildman–Crippen LogP) is -0.113. The normalized spacial score (nSPS) is 18.8. The molecule has 0 saturated carbocycles. The minimum atomic E-state index is -0.567. The maximum Gasteiger partial charge on any atom is 0.564 e. The molecule has 0 amide bonds. The van der Waals surface area contributed by atoms with Gasteiger partial charge in [-0.25, -0.2) is 0 Å². The van der Waals surface area contributed by atoms with Gasteiger partial charge in [-0.15, -0.1) is 0 Å².